The highest BCUT2D eigenvalue weighted by molar-refractivity contribution is 5.83. The van der Waals surface area contributed by atoms with Crippen molar-refractivity contribution in [2.75, 3.05) is 6.61 Å². The lowest BCUT2D eigenvalue weighted by Gasteiger charge is -2.07. The first-order chi connectivity index (χ1) is 15.0. The van der Waals surface area contributed by atoms with Crippen LogP contribution in [-0.2, 0) is 11.4 Å². The molecule has 0 saturated carbocycles. The molecule has 0 atom stereocenters. The van der Waals surface area contributed by atoms with Crippen LogP contribution in [0.4, 0.5) is 5.69 Å². The maximum absolute atomic E-state index is 11.8. The Kier molecular flexibility index (Phi) is 7.31. The van der Waals surface area contributed by atoms with E-state index in [1.54, 1.807) is 0 Å². The Morgan fingerprint density at radius 3 is 2.23 bits per heavy atom. The van der Waals surface area contributed by atoms with E-state index in [2.05, 4.69) is 10.5 Å². The molecular formula is C23H21N3O5. The van der Waals surface area contributed by atoms with Crippen LogP contribution in [0.3, 0.4) is 0 Å². The first kappa shape index (κ1) is 21.5. The van der Waals surface area contributed by atoms with Crippen molar-refractivity contribution >= 4 is 17.8 Å². The van der Waals surface area contributed by atoms with Gasteiger partial charge in [0.05, 0.1) is 11.1 Å². The number of nitro groups is 1. The summed E-state index contributed by atoms with van der Waals surface area (Å²) in [4.78, 5) is 21.9. The molecule has 0 spiro atoms. The largest absolute Gasteiger partial charge is 0.489 e. The lowest BCUT2D eigenvalue weighted by atomic mass is 10.2. The molecule has 0 radical (unpaired) electrons. The van der Waals surface area contributed by atoms with Crippen molar-refractivity contribution in [3.63, 3.8) is 0 Å². The Hall–Kier alpha value is -4.20. The third kappa shape index (κ3) is 6.97. The first-order valence-electron chi connectivity index (χ1n) is 9.47. The molecule has 0 heterocycles. The Morgan fingerprint density at radius 1 is 0.968 bits per heavy atom. The molecule has 3 aromatic carbocycles. The number of carbonyl (C=O) groups excluding carboxylic acids is 1. The third-order valence-electron chi connectivity index (χ3n) is 4.23. The van der Waals surface area contributed by atoms with Gasteiger partial charge < -0.3 is 9.47 Å². The van der Waals surface area contributed by atoms with Crippen molar-refractivity contribution in [3.8, 4) is 11.5 Å². The van der Waals surface area contributed by atoms with E-state index in [0.29, 0.717) is 12.4 Å². The van der Waals surface area contributed by atoms with Gasteiger partial charge in [0, 0.05) is 12.1 Å². The van der Waals surface area contributed by atoms with Crippen LogP contribution in [0.2, 0.25) is 0 Å². The van der Waals surface area contributed by atoms with E-state index < -0.39 is 10.8 Å². The Labute approximate surface area is 179 Å². The highest BCUT2D eigenvalue weighted by atomic mass is 16.6. The Balaban J connectivity index is 1.41. The SMILES string of the molecule is Cc1ccc(COc2ccc(/C=N/NC(=O)COc3ccc([N+](=O)[O-])cc3)cc2)cc1. The predicted molar refractivity (Wildman–Crippen MR) is 116 cm³/mol. The van der Waals surface area contributed by atoms with Gasteiger partial charge in [0.15, 0.2) is 6.61 Å². The number of hydrogen-bond donors (Lipinski definition) is 1. The fourth-order valence-electron chi connectivity index (χ4n) is 2.53. The highest BCUT2D eigenvalue weighted by Gasteiger charge is 2.06. The van der Waals surface area contributed by atoms with E-state index in [0.717, 1.165) is 16.9 Å². The summed E-state index contributed by atoms with van der Waals surface area (Å²) in [6.45, 7) is 2.26. The molecule has 0 aliphatic carbocycles. The minimum Gasteiger partial charge on any atom is -0.489 e. The molecular weight excluding hydrogens is 398 g/mol. The quantitative estimate of drug-likeness (QED) is 0.321. The van der Waals surface area contributed by atoms with Crippen LogP contribution in [0, 0.1) is 17.0 Å². The smallest absolute Gasteiger partial charge is 0.277 e. The lowest BCUT2D eigenvalue weighted by molar-refractivity contribution is -0.384. The number of nitrogens with zero attached hydrogens (tertiary/aromatic N) is 2. The molecule has 3 rings (SSSR count). The van der Waals surface area contributed by atoms with Gasteiger partial charge in [-0.15, -0.1) is 0 Å². The summed E-state index contributed by atoms with van der Waals surface area (Å²) >= 11 is 0. The monoisotopic (exact) mass is 419 g/mol. The van der Waals surface area contributed by atoms with Crippen molar-refractivity contribution in [2.45, 2.75) is 13.5 Å². The summed E-state index contributed by atoms with van der Waals surface area (Å²) in [5.41, 5.74) is 5.40. The molecule has 0 aliphatic rings. The van der Waals surface area contributed by atoms with Crippen LogP contribution in [0.25, 0.3) is 0 Å². The van der Waals surface area contributed by atoms with Crippen LogP contribution >= 0.6 is 0 Å². The van der Waals surface area contributed by atoms with Crippen LogP contribution in [0.1, 0.15) is 16.7 Å². The number of amides is 1. The van der Waals surface area contributed by atoms with Gasteiger partial charge in [-0.05, 0) is 54.4 Å². The summed E-state index contributed by atoms with van der Waals surface area (Å²) in [6, 6.07) is 20.9. The fraction of sp³-hybridized carbons (Fsp3) is 0.130. The third-order valence-corrected chi connectivity index (χ3v) is 4.23. The topological polar surface area (TPSA) is 103 Å². The number of rotatable bonds is 9. The van der Waals surface area contributed by atoms with E-state index in [1.165, 1.54) is 36.0 Å². The lowest BCUT2D eigenvalue weighted by Crippen LogP contribution is -2.24. The van der Waals surface area contributed by atoms with E-state index >= 15 is 0 Å². The molecule has 0 aliphatic heterocycles. The van der Waals surface area contributed by atoms with Crippen molar-refractivity contribution in [2.24, 2.45) is 5.10 Å². The number of benzene rings is 3. The number of carbonyl (C=O) groups is 1. The number of aryl methyl sites for hydroxylation is 1. The summed E-state index contributed by atoms with van der Waals surface area (Å²) < 4.78 is 11.0. The fourth-order valence-corrected chi connectivity index (χ4v) is 2.53. The maximum atomic E-state index is 11.8. The van der Waals surface area contributed by atoms with Gasteiger partial charge in [0.2, 0.25) is 0 Å². The summed E-state index contributed by atoms with van der Waals surface area (Å²) in [7, 11) is 0. The Morgan fingerprint density at radius 2 is 1.58 bits per heavy atom. The second kappa shape index (κ2) is 10.5. The average molecular weight is 419 g/mol. The zero-order valence-corrected chi connectivity index (χ0v) is 16.9. The van der Waals surface area contributed by atoms with Gasteiger partial charge in [-0.2, -0.15) is 5.10 Å². The molecule has 1 amide bonds. The van der Waals surface area contributed by atoms with Gasteiger partial charge >= 0.3 is 0 Å². The van der Waals surface area contributed by atoms with Crippen LogP contribution in [0.5, 0.6) is 11.5 Å². The van der Waals surface area contributed by atoms with E-state index in [4.69, 9.17) is 9.47 Å². The molecule has 0 aromatic heterocycles. The van der Waals surface area contributed by atoms with Gasteiger partial charge in [-0.1, -0.05) is 29.8 Å². The summed E-state index contributed by atoms with van der Waals surface area (Å²) in [5.74, 6) is 0.636. The van der Waals surface area contributed by atoms with Crippen LogP contribution in [0.15, 0.2) is 77.9 Å². The maximum Gasteiger partial charge on any atom is 0.277 e. The number of hydrazone groups is 1. The molecule has 8 heteroatoms. The summed E-state index contributed by atoms with van der Waals surface area (Å²) in [5, 5.41) is 14.5. The number of non-ortho nitro benzene ring substituents is 1. The minimum atomic E-state index is -0.506. The number of nitro benzene ring substituents is 1. The van der Waals surface area contributed by atoms with Crippen molar-refractivity contribution in [3.05, 3.63) is 99.6 Å². The van der Waals surface area contributed by atoms with Gasteiger partial charge in [-0.25, -0.2) is 5.43 Å². The van der Waals surface area contributed by atoms with Gasteiger partial charge in [-0.3, -0.25) is 14.9 Å². The second-order valence-electron chi connectivity index (χ2n) is 6.68. The van der Waals surface area contributed by atoms with Gasteiger partial charge in [0.25, 0.3) is 11.6 Å². The number of ether oxygens (including phenoxy) is 2. The number of hydrogen-bond acceptors (Lipinski definition) is 6. The van der Waals surface area contributed by atoms with E-state index in [1.807, 2.05) is 55.5 Å². The number of nitrogens with one attached hydrogen (secondary N) is 1. The van der Waals surface area contributed by atoms with Crippen molar-refractivity contribution in [1.29, 1.82) is 0 Å². The average Bonchev–Trinajstić information content (AvgIpc) is 2.78. The van der Waals surface area contributed by atoms with E-state index in [9.17, 15) is 14.9 Å². The molecule has 8 nitrogen and oxygen atoms in total. The molecule has 0 saturated heterocycles. The Bertz CT molecular complexity index is 1050. The van der Waals surface area contributed by atoms with Crippen molar-refractivity contribution < 1.29 is 19.2 Å². The van der Waals surface area contributed by atoms with Crippen LogP contribution in [-0.4, -0.2) is 23.7 Å². The normalized spacial score (nSPS) is 10.6. The van der Waals surface area contributed by atoms with Crippen LogP contribution < -0.4 is 14.9 Å². The van der Waals surface area contributed by atoms with Gasteiger partial charge in [0.1, 0.15) is 18.1 Å². The van der Waals surface area contributed by atoms with Crippen molar-refractivity contribution in [1.82, 2.24) is 5.43 Å². The molecule has 3 aromatic rings. The highest BCUT2D eigenvalue weighted by Crippen LogP contribution is 2.17. The molecule has 1 N–H and O–H groups in total. The second-order valence-corrected chi connectivity index (χ2v) is 6.68. The summed E-state index contributed by atoms with van der Waals surface area (Å²) in [6.07, 6.45) is 1.51. The van der Waals surface area contributed by atoms with E-state index in [-0.39, 0.29) is 12.3 Å². The first-order valence-corrected chi connectivity index (χ1v) is 9.47. The zero-order valence-electron chi connectivity index (χ0n) is 16.9. The zero-order chi connectivity index (χ0) is 22.1. The minimum absolute atomic E-state index is 0.0482. The molecule has 158 valence electrons. The standard InChI is InChI=1S/C23H21N3O5/c1-17-2-4-19(5-3-17)15-30-21-10-6-18(7-11-21)14-24-25-23(27)16-31-22-12-8-20(9-13-22)26(28)29/h2-14H,15-16H2,1H3,(H,25,27)/b24-14+. The molecule has 0 fully saturated rings. The molecule has 0 bridgehead atoms. The predicted octanol–water partition coefficient (Wildman–Crippen LogP) is 4.01. The molecule has 31 heavy (non-hydrogen) atoms. The molecule has 0 unspecified atom stereocenters.